The van der Waals surface area contributed by atoms with Crippen molar-refractivity contribution >= 4 is 17.4 Å². The van der Waals surface area contributed by atoms with E-state index in [0.717, 1.165) is 30.5 Å². The van der Waals surface area contributed by atoms with Crippen molar-refractivity contribution in [1.82, 2.24) is 20.4 Å². The summed E-state index contributed by atoms with van der Waals surface area (Å²) in [5.74, 6) is 2.57. The lowest BCUT2D eigenvalue weighted by atomic mass is 9.72. The molecular formula is C14H18ClN5. The van der Waals surface area contributed by atoms with Crippen molar-refractivity contribution < 1.29 is 0 Å². The maximum Gasteiger partial charge on any atom is 0.154 e. The Morgan fingerprint density at radius 3 is 2.80 bits per heavy atom. The first-order valence-electron chi connectivity index (χ1n) is 7.20. The van der Waals surface area contributed by atoms with Gasteiger partial charge in [-0.2, -0.15) is 0 Å². The highest BCUT2D eigenvalue weighted by molar-refractivity contribution is 6.29. The van der Waals surface area contributed by atoms with E-state index in [0.29, 0.717) is 5.15 Å². The highest BCUT2D eigenvalue weighted by Gasteiger charge is 2.48. The summed E-state index contributed by atoms with van der Waals surface area (Å²) in [5, 5.41) is 15.3. The number of anilines is 1. The van der Waals surface area contributed by atoms with Gasteiger partial charge in [0, 0.05) is 6.54 Å². The van der Waals surface area contributed by atoms with E-state index in [1.807, 2.05) is 6.07 Å². The van der Waals surface area contributed by atoms with Crippen LogP contribution in [0.5, 0.6) is 0 Å². The van der Waals surface area contributed by atoms with Gasteiger partial charge in [0.2, 0.25) is 0 Å². The molecule has 6 heteroatoms. The second kappa shape index (κ2) is 4.60. The predicted octanol–water partition coefficient (Wildman–Crippen LogP) is 1.84. The van der Waals surface area contributed by atoms with Gasteiger partial charge >= 0.3 is 0 Å². The van der Waals surface area contributed by atoms with Crippen LogP contribution in [0.3, 0.4) is 0 Å². The minimum absolute atomic E-state index is 0.235. The molecule has 0 aromatic carbocycles. The number of fused-ring (bicyclic) bond motifs is 2. The molecule has 106 valence electrons. The topological polar surface area (TPSA) is 53.1 Å². The third kappa shape index (κ3) is 2.05. The van der Waals surface area contributed by atoms with E-state index in [9.17, 15) is 0 Å². The SMILES string of the molecule is Clc1ccc(NC2=CC[C@@]3(CN4CCC3CC4)N2)nn1. The second-order valence-corrected chi connectivity index (χ2v) is 6.41. The zero-order valence-corrected chi connectivity index (χ0v) is 12.0. The Kier molecular flexibility index (Phi) is 2.86. The third-order valence-corrected chi connectivity index (χ3v) is 5.03. The maximum atomic E-state index is 5.75. The molecule has 5 rings (SSSR count). The van der Waals surface area contributed by atoms with Crippen molar-refractivity contribution in [2.75, 3.05) is 25.0 Å². The van der Waals surface area contributed by atoms with Crippen molar-refractivity contribution in [3.63, 3.8) is 0 Å². The van der Waals surface area contributed by atoms with Gasteiger partial charge < -0.3 is 15.5 Å². The minimum atomic E-state index is 0.235. The van der Waals surface area contributed by atoms with Crippen LogP contribution in [-0.4, -0.2) is 40.3 Å². The van der Waals surface area contributed by atoms with Crippen LogP contribution in [0.1, 0.15) is 19.3 Å². The number of halogens is 1. The summed E-state index contributed by atoms with van der Waals surface area (Å²) in [7, 11) is 0. The van der Waals surface area contributed by atoms with Crippen LogP contribution in [-0.2, 0) is 0 Å². The first-order chi connectivity index (χ1) is 9.73. The average molecular weight is 292 g/mol. The molecule has 20 heavy (non-hydrogen) atoms. The standard InChI is InChI=1S/C14H18ClN5/c15-11-1-2-13(19-18-11)16-12-3-6-14(17-12)9-20-7-4-10(14)5-8-20/h1-3,10,17H,4-9H2,(H,16,19)/t14-/m0/s1. The molecule has 1 atom stereocenters. The maximum absolute atomic E-state index is 5.75. The summed E-state index contributed by atoms with van der Waals surface area (Å²) >= 11 is 5.75. The zero-order chi connectivity index (χ0) is 13.6. The lowest BCUT2D eigenvalue weighted by molar-refractivity contribution is 0.0189. The molecule has 4 aliphatic rings. The lowest BCUT2D eigenvalue weighted by Crippen LogP contribution is -2.64. The van der Waals surface area contributed by atoms with E-state index >= 15 is 0 Å². The first kappa shape index (κ1) is 12.4. The molecule has 2 bridgehead atoms. The molecule has 5 nitrogen and oxygen atoms in total. The number of aromatic nitrogens is 2. The van der Waals surface area contributed by atoms with E-state index in [1.165, 1.54) is 25.9 Å². The van der Waals surface area contributed by atoms with Gasteiger partial charge in [-0.3, -0.25) is 0 Å². The zero-order valence-electron chi connectivity index (χ0n) is 11.3. The van der Waals surface area contributed by atoms with Gasteiger partial charge in [0.1, 0.15) is 5.82 Å². The van der Waals surface area contributed by atoms with Crippen LogP contribution in [0.15, 0.2) is 24.0 Å². The summed E-state index contributed by atoms with van der Waals surface area (Å²) in [6.45, 7) is 3.69. The lowest BCUT2D eigenvalue weighted by Gasteiger charge is -2.52. The van der Waals surface area contributed by atoms with E-state index < -0.39 is 0 Å². The van der Waals surface area contributed by atoms with E-state index in [1.54, 1.807) is 6.07 Å². The van der Waals surface area contributed by atoms with Gasteiger partial charge in [-0.1, -0.05) is 11.6 Å². The van der Waals surface area contributed by atoms with Gasteiger partial charge in [-0.15, -0.1) is 10.2 Å². The fraction of sp³-hybridized carbons (Fsp3) is 0.571. The summed E-state index contributed by atoms with van der Waals surface area (Å²) in [5.41, 5.74) is 0.235. The van der Waals surface area contributed by atoms with Crippen LogP contribution in [0.25, 0.3) is 0 Å². The second-order valence-electron chi connectivity index (χ2n) is 6.02. The molecular weight excluding hydrogens is 274 g/mol. The first-order valence-corrected chi connectivity index (χ1v) is 7.58. The normalized spacial score (nSPS) is 35.0. The molecule has 3 fully saturated rings. The fourth-order valence-electron chi connectivity index (χ4n) is 3.80. The Bertz CT molecular complexity index is 535. The molecule has 5 heterocycles. The summed E-state index contributed by atoms with van der Waals surface area (Å²) < 4.78 is 0. The van der Waals surface area contributed by atoms with Crippen LogP contribution in [0, 0.1) is 5.92 Å². The quantitative estimate of drug-likeness (QED) is 0.871. The van der Waals surface area contributed by atoms with Gasteiger partial charge in [-0.05, 0) is 56.5 Å². The molecule has 0 saturated carbocycles. The molecule has 1 aromatic heterocycles. The Hall–Kier alpha value is -1.33. The smallest absolute Gasteiger partial charge is 0.154 e. The molecule has 3 saturated heterocycles. The molecule has 1 spiro atoms. The monoisotopic (exact) mass is 291 g/mol. The number of hydrogen-bond donors (Lipinski definition) is 2. The number of hydrogen-bond acceptors (Lipinski definition) is 5. The molecule has 0 unspecified atom stereocenters. The highest BCUT2D eigenvalue weighted by Crippen LogP contribution is 2.41. The molecule has 0 amide bonds. The Labute approximate surface area is 123 Å². The highest BCUT2D eigenvalue weighted by atomic mass is 35.5. The molecule has 0 aliphatic carbocycles. The largest absolute Gasteiger partial charge is 0.365 e. The van der Waals surface area contributed by atoms with Gasteiger partial charge in [-0.25, -0.2) is 0 Å². The van der Waals surface area contributed by atoms with Crippen molar-refractivity contribution in [1.29, 1.82) is 0 Å². The van der Waals surface area contributed by atoms with Crippen LogP contribution in [0.4, 0.5) is 5.82 Å². The van der Waals surface area contributed by atoms with E-state index in [-0.39, 0.29) is 5.54 Å². The fourth-order valence-corrected chi connectivity index (χ4v) is 3.90. The Morgan fingerprint density at radius 1 is 1.30 bits per heavy atom. The van der Waals surface area contributed by atoms with Crippen molar-refractivity contribution in [3.8, 4) is 0 Å². The van der Waals surface area contributed by atoms with Crippen LogP contribution < -0.4 is 10.6 Å². The van der Waals surface area contributed by atoms with Crippen molar-refractivity contribution in [2.24, 2.45) is 5.92 Å². The minimum Gasteiger partial charge on any atom is -0.365 e. The summed E-state index contributed by atoms with van der Waals surface area (Å²) in [6, 6.07) is 3.59. The Balaban J connectivity index is 1.46. The average Bonchev–Trinajstić information content (AvgIpc) is 2.85. The van der Waals surface area contributed by atoms with Crippen molar-refractivity contribution in [2.45, 2.75) is 24.8 Å². The van der Waals surface area contributed by atoms with Crippen LogP contribution in [0.2, 0.25) is 5.15 Å². The summed E-state index contributed by atoms with van der Waals surface area (Å²) in [6.07, 6.45) is 5.97. The van der Waals surface area contributed by atoms with Gasteiger partial charge in [0.05, 0.1) is 5.54 Å². The molecule has 0 radical (unpaired) electrons. The molecule has 2 N–H and O–H groups in total. The van der Waals surface area contributed by atoms with Gasteiger partial charge in [0.25, 0.3) is 0 Å². The number of nitrogens with zero attached hydrogens (tertiary/aromatic N) is 3. The molecule has 4 aliphatic heterocycles. The number of rotatable bonds is 2. The summed E-state index contributed by atoms with van der Waals surface area (Å²) in [4.78, 5) is 2.58. The van der Waals surface area contributed by atoms with Crippen molar-refractivity contribution in [3.05, 3.63) is 29.2 Å². The number of nitrogens with one attached hydrogen (secondary N) is 2. The van der Waals surface area contributed by atoms with E-state index in [4.69, 9.17) is 11.6 Å². The van der Waals surface area contributed by atoms with Gasteiger partial charge in [0.15, 0.2) is 11.0 Å². The predicted molar refractivity (Wildman–Crippen MR) is 78.4 cm³/mol. The Morgan fingerprint density at radius 2 is 2.15 bits per heavy atom. The molecule has 1 aromatic rings. The van der Waals surface area contributed by atoms with E-state index in [2.05, 4.69) is 31.8 Å². The number of piperidine rings is 3. The van der Waals surface area contributed by atoms with Crippen LogP contribution >= 0.6 is 11.6 Å². The third-order valence-electron chi connectivity index (χ3n) is 4.82.